The molecular formula is C15H9F6N3O2. The third kappa shape index (κ3) is 3.65. The molecule has 0 saturated carbocycles. The average Bonchev–Trinajstić information content (AvgIpc) is 2.94. The molecule has 5 nitrogen and oxygen atoms in total. The zero-order valence-corrected chi connectivity index (χ0v) is 12.9. The topological polar surface area (TPSA) is 49.2 Å². The third-order valence-electron chi connectivity index (χ3n) is 3.32. The molecule has 0 atom stereocenters. The number of ether oxygens (including phenoxy) is 2. The molecule has 11 heteroatoms. The molecular weight excluding hydrogens is 368 g/mol. The Labute approximate surface area is 141 Å². The van der Waals surface area contributed by atoms with Gasteiger partial charge in [0.25, 0.3) is 0 Å². The van der Waals surface area contributed by atoms with Crippen LogP contribution in [0.2, 0.25) is 0 Å². The number of alkyl halides is 6. The van der Waals surface area contributed by atoms with Crippen molar-refractivity contribution in [1.82, 2.24) is 14.8 Å². The molecule has 0 radical (unpaired) electrons. The van der Waals surface area contributed by atoms with Gasteiger partial charge in [-0.3, -0.25) is 0 Å². The van der Waals surface area contributed by atoms with Crippen LogP contribution >= 0.6 is 0 Å². The minimum Gasteiger partial charge on any atom is -0.494 e. The van der Waals surface area contributed by atoms with Crippen molar-refractivity contribution in [3.8, 4) is 17.3 Å². The van der Waals surface area contributed by atoms with Crippen molar-refractivity contribution in [2.24, 2.45) is 0 Å². The number of aromatic nitrogens is 3. The number of fused-ring (bicyclic) bond motifs is 1. The molecule has 3 rings (SSSR count). The van der Waals surface area contributed by atoms with Crippen LogP contribution in [0, 0.1) is 0 Å². The van der Waals surface area contributed by atoms with Gasteiger partial charge in [-0.15, -0.1) is 18.3 Å². The molecule has 0 saturated heterocycles. The van der Waals surface area contributed by atoms with Crippen molar-refractivity contribution in [3.63, 3.8) is 0 Å². The van der Waals surface area contributed by atoms with Crippen LogP contribution in [0.25, 0.3) is 16.7 Å². The highest BCUT2D eigenvalue weighted by atomic mass is 19.4. The molecule has 0 aliphatic rings. The van der Waals surface area contributed by atoms with E-state index in [-0.39, 0.29) is 17.1 Å². The van der Waals surface area contributed by atoms with Gasteiger partial charge in [-0.1, -0.05) is 0 Å². The number of nitrogens with zero attached hydrogens (tertiary/aromatic N) is 3. The molecule has 3 aromatic rings. The monoisotopic (exact) mass is 377 g/mol. The molecule has 0 spiro atoms. The first-order valence-electron chi connectivity index (χ1n) is 6.94. The zero-order valence-electron chi connectivity index (χ0n) is 12.9. The SMILES string of the molecule is COc1cc(C(F)(F)F)ccc1-n1cc2ccc(OC(F)(F)F)nc2n1. The lowest BCUT2D eigenvalue weighted by Gasteiger charge is -2.12. The summed E-state index contributed by atoms with van der Waals surface area (Å²) in [5.74, 6) is -0.811. The molecule has 2 heterocycles. The fourth-order valence-corrected chi connectivity index (χ4v) is 2.23. The van der Waals surface area contributed by atoms with E-state index in [1.54, 1.807) is 0 Å². The van der Waals surface area contributed by atoms with Crippen LogP contribution in [0.3, 0.4) is 0 Å². The first kappa shape index (κ1) is 17.8. The van der Waals surface area contributed by atoms with Gasteiger partial charge in [0.1, 0.15) is 11.4 Å². The van der Waals surface area contributed by atoms with E-state index in [2.05, 4.69) is 14.8 Å². The van der Waals surface area contributed by atoms with Crippen LogP contribution < -0.4 is 9.47 Å². The smallest absolute Gasteiger partial charge is 0.494 e. The number of pyridine rings is 1. The maximum Gasteiger partial charge on any atom is 0.574 e. The largest absolute Gasteiger partial charge is 0.574 e. The summed E-state index contributed by atoms with van der Waals surface area (Å²) in [5.41, 5.74) is -0.820. The normalized spacial score (nSPS) is 12.4. The Morgan fingerprint density at radius 2 is 1.73 bits per heavy atom. The molecule has 26 heavy (non-hydrogen) atoms. The Hall–Kier alpha value is -2.98. The number of rotatable bonds is 3. The predicted molar refractivity (Wildman–Crippen MR) is 77.1 cm³/mol. The molecule has 0 aliphatic heterocycles. The van der Waals surface area contributed by atoms with Crippen LogP contribution in [0.4, 0.5) is 26.3 Å². The second-order valence-electron chi connectivity index (χ2n) is 5.07. The summed E-state index contributed by atoms with van der Waals surface area (Å²) in [6.07, 6.45) is -8.06. The Kier molecular flexibility index (Phi) is 4.17. The van der Waals surface area contributed by atoms with E-state index in [1.165, 1.54) is 19.4 Å². The predicted octanol–water partition coefficient (Wildman–Crippen LogP) is 4.35. The van der Waals surface area contributed by atoms with Crippen molar-refractivity contribution < 1.29 is 35.8 Å². The van der Waals surface area contributed by atoms with Crippen molar-refractivity contribution >= 4 is 11.0 Å². The van der Waals surface area contributed by atoms with E-state index >= 15 is 0 Å². The fourth-order valence-electron chi connectivity index (χ4n) is 2.23. The van der Waals surface area contributed by atoms with E-state index in [0.29, 0.717) is 5.39 Å². The molecule has 0 bridgehead atoms. The van der Waals surface area contributed by atoms with Gasteiger partial charge in [-0.2, -0.15) is 18.2 Å². The lowest BCUT2D eigenvalue weighted by Crippen LogP contribution is -2.17. The van der Waals surface area contributed by atoms with E-state index < -0.39 is 24.0 Å². The molecule has 1 aromatic carbocycles. The highest BCUT2D eigenvalue weighted by Crippen LogP contribution is 2.34. The van der Waals surface area contributed by atoms with Gasteiger partial charge in [0.15, 0.2) is 5.65 Å². The summed E-state index contributed by atoms with van der Waals surface area (Å²) < 4.78 is 85.0. The summed E-state index contributed by atoms with van der Waals surface area (Å²) in [6.45, 7) is 0. The first-order chi connectivity index (χ1) is 12.1. The summed E-state index contributed by atoms with van der Waals surface area (Å²) in [7, 11) is 1.19. The van der Waals surface area contributed by atoms with Gasteiger partial charge in [0.2, 0.25) is 5.88 Å². The van der Waals surface area contributed by atoms with E-state index in [1.807, 2.05) is 0 Å². The fraction of sp³-hybridized carbons (Fsp3) is 0.200. The Bertz CT molecular complexity index is 949. The summed E-state index contributed by atoms with van der Waals surface area (Å²) in [5, 5.41) is 4.33. The van der Waals surface area contributed by atoms with Crippen molar-refractivity contribution in [2.75, 3.05) is 7.11 Å². The second kappa shape index (κ2) is 6.07. The molecule has 138 valence electrons. The van der Waals surface area contributed by atoms with Gasteiger partial charge in [0.05, 0.1) is 12.7 Å². The van der Waals surface area contributed by atoms with Crippen LogP contribution in [0.1, 0.15) is 5.56 Å². The second-order valence-corrected chi connectivity index (χ2v) is 5.07. The van der Waals surface area contributed by atoms with E-state index in [9.17, 15) is 26.3 Å². The lowest BCUT2D eigenvalue weighted by molar-refractivity contribution is -0.276. The van der Waals surface area contributed by atoms with Crippen LogP contribution in [0.5, 0.6) is 11.6 Å². The van der Waals surface area contributed by atoms with Gasteiger partial charge in [-0.05, 0) is 24.3 Å². The van der Waals surface area contributed by atoms with Crippen LogP contribution in [0.15, 0.2) is 36.5 Å². The summed E-state index contributed by atoms with van der Waals surface area (Å²) >= 11 is 0. The standard InChI is InChI=1S/C15H9F6N3O2/c1-25-11-6-9(14(16,17)18)3-4-10(11)24-7-8-2-5-12(22-13(8)23-24)26-15(19,20)21/h2-7H,1H3. The highest BCUT2D eigenvalue weighted by Gasteiger charge is 2.32. The lowest BCUT2D eigenvalue weighted by atomic mass is 10.2. The zero-order chi connectivity index (χ0) is 19.1. The van der Waals surface area contributed by atoms with Gasteiger partial charge in [0, 0.05) is 17.6 Å². The van der Waals surface area contributed by atoms with Crippen molar-refractivity contribution in [2.45, 2.75) is 12.5 Å². The Morgan fingerprint density at radius 1 is 1.00 bits per heavy atom. The highest BCUT2D eigenvalue weighted by molar-refractivity contribution is 5.75. The average molecular weight is 377 g/mol. The van der Waals surface area contributed by atoms with Crippen molar-refractivity contribution in [1.29, 1.82) is 0 Å². The molecule has 0 unspecified atom stereocenters. The quantitative estimate of drug-likeness (QED) is 0.637. The number of halogens is 6. The first-order valence-corrected chi connectivity index (χ1v) is 6.94. The molecule has 0 fully saturated rings. The molecule has 0 N–H and O–H groups in total. The summed E-state index contributed by atoms with van der Waals surface area (Å²) in [6, 6.07) is 5.08. The number of methoxy groups -OCH3 is 1. The summed E-state index contributed by atoms with van der Waals surface area (Å²) in [4.78, 5) is 3.62. The number of hydrogen-bond donors (Lipinski definition) is 0. The number of benzene rings is 1. The van der Waals surface area contributed by atoms with Crippen LogP contribution in [-0.4, -0.2) is 28.2 Å². The molecule has 0 aliphatic carbocycles. The Morgan fingerprint density at radius 3 is 2.35 bits per heavy atom. The maximum atomic E-state index is 12.8. The Balaban J connectivity index is 2.03. The van der Waals surface area contributed by atoms with E-state index in [4.69, 9.17) is 4.74 Å². The van der Waals surface area contributed by atoms with E-state index in [0.717, 1.165) is 28.9 Å². The number of hydrogen-bond acceptors (Lipinski definition) is 4. The molecule has 2 aromatic heterocycles. The minimum absolute atomic E-state index is 0.0753. The minimum atomic E-state index is -4.90. The van der Waals surface area contributed by atoms with Gasteiger partial charge >= 0.3 is 12.5 Å². The van der Waals surface area contributed by atoms with Crippen LogP contribution in [-0.2, 0) is 6.18 Å². The van der Waals surface area contributed by atoms with Gasteiger partial charge < -0.3 is 9.47 Å². The maximum absolute atomic E-state index is 12.8. The third-order valence-corrected chi connectivity index (χ3v) is 3.32. The molecule has 0 amide bonds. The van der Waals surface area contributed by atoms with Crippen molar-refractivity contribution in [3.05, 3.63) is 42.1 Å². The van der Waals surface area contributed by atoms with Gasteiger partial charge in [-0.25, -0.2) is 4.68 Å².